The standard InChI is InChI=1S/C22H23N9O3S/c1-33-17-7-6-16(13-18(17)34-15-31-11-4-10-25-31)14-24-28-21-27-22(30-29-21)35-12-8-20(32)26-19-5-2-3-9-23-19/h2-7,9-11,13-14H,8,12,15H2,1H3,(H,23,26,32)(H2,27,28,29,30)/b24-14-. The molecular weight excluding hydrogens is 470 g/mol. The number of H-pyrrole nitrogens is 1. The topological polar surface area (TPSA) is 144 Å². The number of pyridine rings is 1. The van der Waals surface area contributed by atoms with Crippen LogP contribution >= 0.6 is 11.8 Å². The molecule has 3 aromatic heterocycles. The summed E-state index contributed by atoms with van der Waals surface area (Å²) in [7, 11) is 1.58. The van der Waals surface area contributed by atoms with E-state index in [2.05, 4.69) is 41.1 Å². The van der Waals surface area contributed by atoms with E-state index in [1.807, 2.05) is 30.5 Å². The van der Waals surface area contributed by atoms with Gasteiger partial charge in [-0.25, -0.2) is 20.2 Å². The number of thioether (sulfide) groups is 1. The smallest absolute Gasteiger partial charge is 0.240 e. The fourth-order valence-electron chi connectivity index (χ4n) is 2.80. The second-order valence-electron chi connectivity index (χ2n) is 6.93. The predicted molar refractivity (Wildman–Crippen MR) is 132 cm³/mol. The van der Waals surface area contributed by atoms with Gasteiger partial charge in [0.1, 0.15) is 5.82 Å². The summed E-state index contributed by atoms with van der Waals surface area (Å²) in [5, 5.41) is 18.4. The maximum Gasteiger partial charge on any atom is 0.240 e. The van der Waals surface area contributed by atoms with E-state index in [9.17, 15) is 4.79 Å². The summed E-state index contributed by atoms with van der Waals surface area (Å²) < 4.78 is 12.8. The largest absolute Gasteiger partial charge is 0.493 e. The number of anilines is 2. The number of benzene rings is 1. The zero-order chi connectivity index (χ0) is 24.3. The third-order valence-electron chi connectivity index (χ3n) is 4.44. The molecule has 4 rings (SSSR count). The van der Waals surface area contributed by atoms with Crippen molar-refractivity contribution >= 4 is 35.6 Å². The van der Waals surface area contributed by atoms with Gasteiger partial charge in [-0.3, -0.25) is 4.79 Å². The Morgan fingerprint density at radius 1 is 1.23 bits per heavy atom. The molecule has 4 aromatic rings. The third-order valence-corrected chi connectivity index (χ3v) is 5.29. The summed E-state index contributed by atoms with van der Waals surface area (Å²) in [6, 6.07) is 12.6. The molecule has 0 unspecified atom stereocenters. The number of carbonyl (C=O) groups is 1. The van der Waals surface area contributed by atoms with Gasteiger partial charge in [-0.2, -0.15) is 15.2 Å². The second-order valence-corrected chi connectivity index (χ2v) is 7.99. The number of hydrogen-bond donors (Lipinski definition) is 3. The van der Waals surface area contributed by atoms with E-state index in [-0.39, 0.29) is 12.6 Å². The zero-order valence-corrected chi connectivity index (χ0v) is 19.6. The van der Waals surface area contributed by atoms with Gasteiger partial charge in [-0.15, -0.1) is 5.10 Å². The lowest BCUT2D eigenvalue weighted by molar-refractivity contribution is -0.115. The first-order valence-corrected chi connectivity index (χ1v) is 11.5. The number of carbonyl (C=O) groups excluding carboxylic acids is 1. The Morgan fingerprint density at radius 2 is 2.17 bits per heavy atom. The fourth-order valence-corrected chi connectivity index (χ4v) is 3.54. The van der Waals surface area contributed by atoms with Crippen LogP contribution in [0, 0.1) is 0 Å². The average Bonchev–Trinajstić information content (AvgIpc) is 3.56. The number of aromatic amines is 1. The lowest BCUT2D eigenvalue weighted by Gasteiger charge is -2.11. The van der Waals surface area contributed by atoms with Crippen LogP contribution in [0.2, 0.25) is 0 Å². The molecule has 180 valence electrons. The molecule has 12 nitrogen and oxygen atoms in total. The maximum atomic E-state index is 12.0. The Balaban J connectivity index is 1.24. The van der Waals surface area contributed by atoms with E-state index in [1.54, 1.807) is 48.6 Å². The van der Waals surface area contributed by atoms with Crippen molar-refractivity contribution in [1.29, 1.82) is 0 Å². The van der Waals surface area contributed by atoms with Crippen molar-refractivity contribution in [3.05, 3.63) is 66.6 Å². The van der Waals surface area contributed by atoms with E-state index in [0.717, 1.165) is 5.56 Å². The van der Waals surface area contributed by atoms with Gasteiger partial charge < -0.3 is 14.8 Å². The number of ether oxygens (including phenoxy) is 2. The first-order valence-electron chi connectivity index (χ1n) is 10.5. The van der Waals surface area contributed by atoms with Gasteiger partial charge in [0.25, 0.3) is 0 Å². The molecular formula is C22H23N9O3S. The van der Waals surface area contributed by atoms with E-state index < -0.39 is 0 Å². The Kier molecular flexibility index (Phi) is 8.27. The molecule has 0 bridgehead atoms. The quantitative estimate of drug-likeness (QED) is 0.154. The lowest BCUT2D eigenvalue weighted by Crippen LogP contribution is -2.13. The van der Waals surface area contributed by atoms with Crippen LogP contribution in [-0.2, 0) is 11.5 Å². The van der Waals surface area contributed by atoms with Crippen molar-refractivity contribution in [2.75, 3.05) is 23.6 Å². The highest BCUT2D eigenvalue weighted by atomic mass is 32.2. The van der Waals surface area contributed by atoms with Crippen molar-refractivity contribution in [3.63, 3.8) is 0 Å². The van der Waals surface area contributed by atoms with Crippen molar-refractivity contribution in [3.8, 4) is 11.5 Å². The molecule has 13 heteroatoms. The second kappa shape index (κ2) is 12.2. The summed E-state index contributed by atoms with van der Waals surface area (Å²) in [6.45, 7) is 0.255. The minimum absolute atomic E-state index is 0.123. The molecule has 0 spiro atoms. The number of methoxy groups -OCH3 is 1. The van der Waals surface area contributed by atoms with Crippen molar-refractivity contribution in [1.82, 2.24) is 29.9 Å². The van der Waals surface area contributed by atoms with Crippen LogP contribution in [0.3, 0.4) is 0 Å². The fraction of sp³-hybridized carbons (Fsp3) is 0.182. The normalized spacial score (nSPS) is 10.9. The Bertz CT molecular complexity index is 1250. The van der Waals surface area contributed by atoms with E-state index >= 15 is 0 Å². The van der Waals surface area contributed by atoms with Gasteiger partial charge in [0.15, 0.2) is 18.2 Å². The number of rotatable bonds is 12. The van der Waals surface area contributed by atoms with Crippen LogP contribution in [0.15, 0.2) is 71.3 Å². The average molecular weight is 494 g/mol. The Hall–Kier alpha value is -4.39. The lowest BCUT2D eigenvalue weighted by atomic mass is 10.2. The summed E-state index contributed by atoms with van der Waals surface area (Å²) in [6.07, 6.45) is 7.04. The Labute approximate surface area is 205 Å². The molecule has 0 atom stereocenters. The van der Waals surface area contributed by atoms with Crippen LogP contribution < -0.4 is 20.2 Å². The molecule has 35 heavy (non-hydrogen) atoms. The monoisotopic (exact) mass is 493 g/mol. The summed E-state index contributed by atoms with van der Waals surface area (Å²) >= 11 is 1.36. The molecule has 1 aromatic carbocycles. The molecule has 3 heterocycles. The number of hydrogen-bond acceptors (Lipinski definition) is 10. The Morgan fingerprint density at radius 3 is 2.97 bits per heavy atom. The predicted octanol–water partition coefficient (Wildman–Crippen LogP) is 3.01. The minimum Gasteiger partial charge on any atom is -0.493 e. The van der Waals surface area contributed by atoms with Gasteiger partial charge >= 0.3 is 0 Å². The van der Waals surface area contributed by atoms with Crippen molar-refractivity contribution in [2.24, 2.45) is 5.10 Å². The van der Waals surface area contributed by atoms with Crippen LogP contribution in [0.5, 0.6) is 11.5 Å². The third kappa shape index (κ3) is 7.30. The van der Waals surface area contributed by atoms with Crippen LogP contribution in [0.25, 0.3) is 0 Å². The molecule has 0 fully saturated rings. The number of aromatic nitrogens is 6. The molecule has 0 radical (unpaired) electrons. The molecule has 0 aliphatic carbocycles. The molecule has 3 N–H and O–H groups in total. The van der Waals surface area contributed by atoms with E-state index in [4.69, 9.17) is 9.47 Å². The highest BCUT2D eigenvalue weighted by Crippen LogP contribution is 2.28. The van der Waals surface area contributed by atoms with Gasteiger partial charge in [-0.1, -0.05) is 17.8 Å². The SMILES string of the molecule is COc1ccc(/C=N\Nc2nc(SCCC(=O)Nc3ccccn3)n[nH]2)cc1OCn1cccn1. The highest BCUT2D eigenvalue weighted by Gasteiger charge is 2.08. The van der Waals surface area contributed by atoms with Gasteiger partial charge in [-0.05, 0) is 42.0 Å². The van der Waals surface area contributed by atoms with Crippen molar-refractivity contribution < 1.29 is 14.3 Å². The number of nitrogens with one attached hydrogen (secondary N) is 3. The molecule has 1 amide bonds. The van der Waals surface area contributed by atoms with Gasteiger partial charge in [0.05, 0.1) is 13.3 Å². The van der Waals surface area contributed by atoms with Gasteiger partial charge in [0.2, 0.25) is 17.0 Å². The summed E-state index contributed by atoms with van der Waals surface area (Å²) in [4.78, 5) is 20.3. The molecule has 0 aliphatic heterocycles. The van der Waals surface area contributed by atoms with Gasteiger partial charge in [0, 0.05) is 30.8 Å². The number of nitrogens with zero attached hydrogens (tertiary/aromatic N) is 6. The zero-order valence-electron chi connectivity index (χ0n) is 18.8. The van der Waals surface area contributed by atoms with E-state index in [1.165, 1.54) is 11.8 Å². The van der Waals surface area contributed by atoms with Crippen molar-refractivity contribution in [2.45, 2.75) is 18.3 Å². The summed E-state index contributed by atoms with van der Waals surface area (Å²) in [5.41, 5.74) is 3.59. The summed E-state index contributed by atoms with van der Waals surface area (Å²) in [5.74, 6) is 2.47. The van der Waals surface area contributed by atoms with Crippen LogP contribution in [-0.4, -0.2) is 54.9 Å². The van der Waals surface area contributed by atoms with Crippen LogP contribution in [0.4, 0.5) is 11.8 Å². The van der Waals surface area contributed by atoms with Crippen LogP contribution in [0.1, 0.15) is 12.0 Å². The maximum absolute atomic E-state index is 12.0. The number of hydrazone groups is 1. The first kappa shape index (κ1) is 23.8. The molecule has 0 aliphatic rings. The highest BCUT2D eigenvalue weighted by molar-refractivity contribution is 7.99. The minimum atomic E-state index is -0.123. The number of amides is 1. The first-order chi connectivity index (χ1) is 17.2. The molecule has 0 saturated heterocycles. The van der Waals surface area contributed by atoms with E-state index in [0.29, 0.717) is 40.6 Å². The molecule has 0 saturated carbocycles.